The van der Waals surface area contributed by atoms with Gasteiger partial charge in [0.05, 0.1) is 0 Å². The maximum Gasteiger partial charge on any atom is 0.251 e. The number of rotatable bonds is 8. The molecule has 1 unspecified atom stereocenters. The monoisotopic (exact) mass is 358 g/mol. The molecule has 0 aliphatic carbocycles. The summed E-state index contributed by atoms with van der Waals surface area (Å²) in [7, 11) is 1.75. The number of amides is 1. The van der Waals surface area contributed by atoms with Crippen LogP contribution in [0.15, 0.2) is 52.8 Å². The Balaban J connectivity index is 1.62. The Labute approximate surface area is 153 Å². The van der Waals surface area contributed by atoms with Crippen LogP contribution in [0.2, 0.25) is 0 Å². The molecule has 0 bridgehead atoms. The lowest BCUT2D eigenvalue weighted by Gasteiger charge is -2.15. The van der Waals surface area contributed by atoms with E-state index in [1.54, 1.807) is 30.5 Å². The summed E-state index contributed by atoms with van der Waals surface area (Å²) in [5.74, 6) is 1.22. The molecule has 1 atom stereocenters. The van der Waals surface area contributed by atoms with Crippen molar-refractivity contribution in [1.82, 2.24) is 16.0 Å². The van der Waals surface area contributed by atoms with Crippen molar-refractivity contribution >= 4 is 23.2 Å². The third-order valence-electron chi connectivity index (χ3n) is 3.71. The zero-order chi connectivity index (χ0) is 17.9. The van der Waals surface area contributed by atoms with Gasteiger partial charge in [0.2, 0.25) is 0 Å². The van der Waals surface area contributed by atoms with Crippen LogP contribution in [0.3, 0.4) is 0 Å². The molecular weight excluding hydrogens is 332 g/mol. The minimum absolute atomic E-state index is 0.0603. The van der Waals surface area contributed by atoms with E-state index < -0.39 is 0 Å². The first kappa shape index (κ1) is 19.0. The van der Waals surface area contributed by atoms with E-state index in [1.165, 1.54) is 4.88 Å². The number of nitrogens with one attached hydrogen (secondary N) is 3. The molecule has 6 heteroatoms. The number of guanidine groups is 1. The molecule has 1 aromatic heterocycles. The van der Waals surface area contributed by atoms with E-state index in [0.29, 0.717) is 24.6 Å². The third kappa shape index (κ3) is 6.97. The molecule has 5 nitrogen and oxygen atoms in total. The summed E-state index contributed by atoms with van der Waals surface area (Å²) >= 11 is 1.80. The largest absolute Gasteiger partial charge is 0.356 e. The van der Waals surface area contributed by atoms with E-state index in [4.69, 9.17) is 0 Å². The Morgan fingerprint density at radius 3 is 2.52 bits per heavy atom. The highest BCUT2D eigenvalue weighted by atomic mass is 32.1. The van der Waals surface area contributed by atoms with Crippen LogP contribution in [0, 0.1) is 5.92 Å². The van der Waals surface area contributed by atoms with Crippen LogP contribution in [-0.4, -0.2) is 38.5 Å². The number of benzene rings is 1. The van der Waals surface area contributed by atoms with Crippen LogP contribution in [0.25, 0.3) is 0 Å². The standard InChI is InChI=1S/C19H26N4OS/c1-15(13-17-9-6-12-25-17)14-23-19(20-2)22-11-10-21-18(24)16-7-4-3-5-8-16/h3-9,12,15H,10-11,13-14H2,1-2H3,(H,21,24)(H2,20,22,23). The van der Waals surface area contributed by atoms with Crippen LogP contribution in [0.5, 0.6) is 0 Å². The van der Waals surface area contributed by atoms with Crippen LogP contribution >= 0.6 is 11.3 Å². The van der Waals surface area contributed by atoms with Crippen LogP contribution in [0.4, 0.5) is 0 Å². The summed E-state index contributed by atoms with van der Waals surface area (Å²) in [6.45, 7) is 4.24. The molecule has 25 heavy (non-hydrogen) atoms. The predicted molar refractivity (Wildman–Crippen MR) is 105 cm³/mol. The van der Waals surface area contributed by atoms with Crippen molar-refractivity contribution < 1.29 is 4.79 Å². The van der Waals surface area contributed by atoms with E-state index in [1.807, 2.05) is 18.2 Å². The van der Waals surface area contributed by atoms with Crippen molar-refractivity contribution in [3.05, 3.63) is 58.3 Å². The first-order valence-electron chi connectivity index (χ1n) is 8.49. The number of hydrogen-bond acceptors (Lipinski definition) is 3. The Kier molecular flexibility index (Phi) is 7.98. The molecule has 0 spiro atoms. The normalized spacial score (nSPS) is 12.5. The lowest BCUT2D eigenvalue weighted by atomic mass is 10.1. The van der Waals surface area contributed by atoms with Crippen molar-refractivity contribution in [3.63, 3.8) is 0 Å². The highest BCUT2D eigenvalue weighted by molar-refractivity contribution is 7.09. The summed E-state index contributed by atoms with van der Waals surface area (Å²) in [4.78, 5) is 17.6. The highest BCUT2D eigenvalue weighted by Gasteiger charge is 2.06. The molecule has 0 aliphatic heterocycles. The smallest absolute Gasteiger partial charge is 0.251 e. The minimum Gasteiger partial charge on any atom is -0.356 e. The maximum absolute atomic E-state index is 11.9. The zero-order valence-electron chi connectivity index (χ0n) is 14.8. The zero-order valence-corrected chi connectivity index (χ0v) is 15.6. The molecule has 0 radical (unpaired) electrons. The molecule has 0 aliphatic rings. The third-order valence-corrected chi connectivity index (χ3v) is 4.61. The van der Waals surface area contributed by atoms with Gasteiger partial charge in [-0.15, -0.1) is 11.3 Å². The lowest BCUT2D eigenvalue weighted by molar-refractivity contribution is 0.0954. The van der Waals surface area contributed by atoms with Gasteiger partial charge in [-0.25, -0.2) is 0 Å². The van der Waals surface area contributed by atoms with Crippen molar-refractivity contribution in [1.29, 1.82) is 0 Å². The second-order valence-corrected chi connectivity index (χ2v) is 6.92. The van der Waals surface area contributed by atoms with E-state index in [-0.39, 0.29) is 5.91 Å². The average molecular weight is 359 g/mol. The van der Waals surface area contributed by atoms with Gasteiger partial charge < -0.3 is 16.0 Å². The Morgan fingerprint density at radius 2 is 1.84 bits per heavy atom. The van der Waals surface area contributed by atoms with Crippen molar-refractivity contribution in [2.45, 2.75) is 13.3 Å². The predicted octanol–water partition coefficient (Wildman–Crippen LogP) is 2.52. The summed E-state index contributed by atoms with van der Waals surface area (Å²) in [5.41, 5.74) is 0.674. The van der Waals surface area contributed by atoms with Gasteiger partial charge in [-0.2, -0.15) is 0 Å². The van der Waals surface area contributed by atoms with E-state index in [2.05, 4.69) is 45.4 Å². The number of thiophene rings is 1. The van der Waals surface area contributed by atoms with Crippen molar-refractivity contribution in [2.24, 2.45) is 10.9 Å². The highest BCUT2D eigenvalue weighted by Crippen LogP contribution is 2.13. The van der Waals surface area contributed by atoms with Gasteiger partial charge in [-0.1, -0.05) is 31.2 Å². The number of carbonyl (C=O) groups is 1. The Bertz CT molecular complexity index is 655. The van der Waals surface area contributed by atoms with Crippen molar-refractivity contribution in [3.8, 4) is 0 Å². The van der Waals surface area contributed by atoms with Gasteiger partial charge in [-0.3, -0.25) is 9.79 Å². The molecular formula is C19H26N4OS. The van der Waals surface area contributed by atoms with Crippen LogP contribution in [0.1, 0.15) is 22.2 Å². The number of carbonyl (C=O) groups excluding carboxylic acids is 1. The molecule has 0 saturated heterocycles. The second-order valence-electron chi connectivity index (χ2n) is 5.89. The SMILES string of the molecule is CN=C(NCCNC(=O)c1ccccc1)NCC(C)Cc1cccs1. The molecule has 0 saturated carbocycles. The van der Waals surface area contributed by atoms with Crippen molar-refractivity contribution in [2.75, 3.05) is 26.7 Å². The van der Waals surface area contributed by atoms with Gasteiger partial charge in [0, 0.05) is 37.1 Å². The molecule has 2 rings (SSSR count). The second kappa shape index (κ2) is 10.5. The fourth-order valence-electron chi connectivity index (χ4n) is 2.38. The Morgan fingerprint density at radius 1 is 1.08 bits per heavy atom. The summed E-state index contributed by atoms with van der Waals surface area (Å²) in [6.07, 6.45) is 1.06. The van der Waals surface area contributed by atoms with E-state index in [0.717, 1.165) is 18.9 Å². The first-order valence-corrected chi connectivity index (χ1v) is 9.37. The van der Waals surface area contributed by atoms with Gasteiger partial charge in [0.15, 0.2) is 5.96 Å². The molecule has 3 N–H and O–H groups in total. The quantitative estimate of drug-likeness (QED) is 0.386. The van der Waals surface area contributed by atoms with Gasteiger partial charge in [-0.05, 0) is 35.9 Å². The lowest BCUT2D eigenvalue weighted by Crippen LogP contribution is -2.43. The topological polar surface area (TPSA) is 65.5 Å². The van der Waals surface area contributed by atoms with E-state index >= 15 is 0 Å². The molecule has 0 fully saturated rings. The minimum atomic E-state index is -0.0603. The van der Waals surface area contributed by atoms with Crippen LogP contribution < -0.4 is 16.0 Å². The fourth-order valence-corrected chi connectivity index (χ4v) is 3.25. The number of hydrogen-bond donors (Lipinski definition) is 3. The van der Waals surface area contributed by atoms with Crippen LogP contribution in [-0.2, 0) is 6.42 Å². The summed E-state index contributed by atoms with van der Waals surface area (Å²) in [6, 6.07) is 13.5. The molecule has 1 amide bonds. The molecule has 1 heterocycles. The van der Waals surface area contributed by atoms with Gasteiger partial charge in [0.1, 0.15) is 0 Å². The first-order chi connectivity index (χ1) is 12.2. The average Bonchev–Trinajstić information content (AvgIpc) is 3.14. The van der Waals surface area contributed by atoms with E-state index in [9.17, 15) is 4.79 Å². The summed E-state index contributed by atoms with van der Waals surface area (Å²) < 4.78 is 0. The van der Waals surface area contributed by atoms with Gasteiger partial charge in [0.25, 0.3) is 5.91 Å². The van der Waals surface area contributed by atoms with Gasteiger partial charge >= 0.3 is 0 Å². The molecule has 2 aromatic rings. The summed E-state index contributed by atoms with van der Waals surface area (Å²) in [5, 5.41) is 11.6. The number of nitrogens with zero attached hydrogens (tertiary/aromatic N) is 1. The number of aliphatic imine (C=N–C) groups is 1. The fraction of sp³-hybridized carbons (Fsp3) is 0.368. The Hall–Kier alpha value is -2.34. The molecule has 134 valence electrons. The molecule has 1 aromatic carbocycles. The maximum atomic E-state index is 11.9.